The van der Waals surface area contributed by atoms with E-state index in [4.69, 9.17) is 5.84 Å². The van der Waals surface area contributed by atoms with Crippen molar-refractivity contribution in [1.82, 2.24) is 9.97 Å². The summed E-state index contributed by atoms with van der Waals surface area (Å²) in [5.74, 6) is 7.86. The molecular formula is C12H23N5O. The summed E-state index contributed by atoms with van der Waals surface area (Å²) in [6.07, 6.45) is 0. The van der Waals surface area contributed by atoms with Gasteiger partial charge in [0.25, 0.3) is 0 Å². The van der Waals surface area contributed by atoms with Crippen LogP contribution < -0.4 is 16.2 Å². The number of hydrogen-bond donors (Lipinski definition) is 3. The standard InChI is InChI=1S/C12H23N5O/c1-7(2)10-14-11(16-13)9(4)12(15-10)17(5)8(3)6-18/h7-8,18H,6,13H2,1-5H3,(H,14,15,16). The topological polar surface area (TPSA) is 87.3 Å². The second-order valence-electron chi connectivity index (χ2n) is 4.82. The highest BCUT2D eigenvalue weighted by Gasteiger charge is 2.18. The number of nitrogen functional groups attached to an aromatic ring is 1. The van der Waals surface area contributed by atoms with Gasteiger partial charge in [0.05, 0.1) is 12.6 Å². The largest absolute Gasteiger partial charge is 0.394 e. The van der Waals surface area contributed by atoms with Crippen molar-refractivity contribution >= 4 is 11.6 Å². The van der Waals surface area contributed by atoms with Crippen molar-refractivity contribution in [1.29, 1.82) is 0 Å². The molecule has 0 saturated carbocycles. The minimum absolute atomic E-state index is 0.00997. The number of anilines is 2. The zero-order valence-electron chi connectivity index (χ0n) is 11.7. The van der Waals surface area contributed by atoms with Crippen LogP contribution in [0.2, 0.25) is 0 Å². The first-order valence-electron chi connectivity index (χ1n) is 6.11. The second kappa shape index (κ2) is 5.97. The van der Waals surface area contributed by atoms with Crippen LogP contribution in [0.15, 0.2) is 0 Å². The van der Waals surface area contributed by atoms with Crippen LogP contribution >= 0.6 is 0 Å². The Morgan fingerprint density at radius 1 is 1.33 bits per heavy atom. The van der Waals surface area contributed by atoms with Gasteiger partial charge < -0.3 is 15.4 Å². The lowest BCUT2D eigenvalue weighted by Gasteiger charge is -2.27. The van der Waals surface area contributed by atoms with E-state index in [0.29, 0.717) is 5.82 Å². The van der Waals surface area contributed by atoms with Gasteiger partial charge in [0, 0.05) is 18.5 Å². The van der Waals surface area contributed by atoms with Gasteiger partial charge in [-0.25, -0.2) is 15.8 Å². The number of nitrogens with two attached hydrogens (primary N) is 1. The number of likely N-dealkylation sites (N-methyl/N-ethyl adjacent to an activating group) is 1. The molecule has 1 aromatic heterocycles. The van der Waals surface area contributed by atoms with Gasteiger partial charge in [-0.05, 0) is 13.8 Å². The number of aromatic nitrogens is 2. The summed E-state index contributed by atoms with van der Waals surface area (Å²) in [5, 5.41) is 9.24. The Morgan fingerprint density at radius 3 is 2.39 bits per heavy atom. The molecule has 6 nitrogen and oxygen atoms in total. The monoisotopic (exact) mass is 253 g/mol. The number of nitrogens with zero attached hydrogens (tertiary/aromatic N) is 3. The minimum Gasteiger partial charge on any atom is -0.394 e. The highest BCUT2D eigenvalue weighted by molar-refractivity contribution is 5.58. The van der Waals surface area contributed by atoms with E-state index in [-0.39, 0.29) is 18.6 Å². The fourth-order valence-electron chi connectivity index (χ4n) is 1.60. The number of hydrogen-bond acceptors (Lipinski definition) is 6. The molecule has 4 N–H and O–H groups in total. The van der Waals surface area contributed by atoms with Crippen molar-refractivity contribution in [2.45, 2.75) is 39.7 Å². The third-order valence-corrected chi connectivity index (χ3v) is 3.05. The van der Waals surface area contributed by atoms with Crippen LogP contribution in [0.5, 0.6) is 0 Å². The van der Waals surface area contributed by atoms with Crippen LogP contribution in [-0.2, 0) is 0 Å². The maximum Gasteiger partial charge on any atom is 0.148 e. The minimum atomic E-state index is -0.00997. The maximum absolute atomic E-state index is 9.24. The molecule has 0 bridgehead atoms. The van der Waals surface area contributed by atoms with Gasteiger partial charge >= 0.3 is 0 Å². The molecule has 1 rings (SSSR count). The fourth-order valence-corrected chi connectivity index (χ4v) is 1.60. The molecule has 0 spiro atoms. The lowest BCUT2D eigenvalue weighted by molar-refractivity contribution is 0.269. The van der Waals surface area contributed by atoms with Crippen LogP contribution in [-0.4, -0.2) is 34.8 Å². The Bertz CT molecular complexity index is 408. The predicted octanol–water partition coefficient (Wildman–Crippen LogP) is 1.01. The molecule has 0 aliphatic heterocycles. The van der Waals surface area contributed by atoms with E-state index < -0.39 is 0 Å². The van der Waals surface area contributed by atoms with E-state index >= 15 is 0 Å². The van der Waals surface area contributed by atoms with E-state index in [9.17, 15) is 5.11 Å². The van der Waals surface area contributed by atoms with Gasteiger partial charge in [0.1, 0.15) is 17.5 Å². The number of hydrazine groups is 1. The molecule has 1 atom stereocenters. The third kappa shape index (κ3) is 2.88. The van der Waals surface area contributed by atoms with Crippen LogP contribution in [0, 0.1) is 6.92 Å². The zero-order valence-corrected chi connectivity index (χ0v) is 11.7. The van der Waals surface area contributed by atoms with E-state index in [1.807, 2.05) is 39.6 Å². The lowest BCUT2D eigenvalue weighted by Crippen LogP contribution is -2.33. The first-order chi connectivity index (χ1) is 8.42. The van der Waals surface area contributed by atoms with E-state index in [0.717, 1.165) is 17.2 Å². The molecule has 0 aliphatic rings. The van der Waals surface area contributed by atoms with Crippen LogP contribution in [0.25, 0.3) is 0 Å². The number of rotatable bonds is 5. The molecule has 1 aromatic rings. The van der Waals surface area contributed by atoms with E-state index in [1.165, 1.54) is 0 Å². The Labute approximate surface area is 108 Å². The number of aliphatic hydroxyl groups excluding tert-OH is 1. The summed E-state index contributed by atoms with van der Waals surface area (Å²) in [5.41, 5.74) is 3.48. The first-order valence-corrected chi connectivity index (χ1v) is 6.11. The summed E-state index contributed by atoms with van der Waals surface area (Å²) in [6.45, 7) is 7.98. The Morgan fingerprint density at radius 2 is 1.94 bits per heavy atom. The average Bonchev–Trinajstić information content (AvgIpc) is 2.36. The third-order valence-electron chi connectivity index (χ3n) is 3.05. The molecular weight excluding hydrogens is 230 g/mol. The summed E-state index contributed by atoms with van der Waals surface area (Å²) < 4.78 is 0. The van der Waals surface area contributed by atoms with Crippen molar-refractivity contribution in [3.05, 3.63) is 11.4 Å². The molecule has 0 amide bonds. The maximum atomic E-state index is 9.24. The number of aliphatic hydroxyl groups is 1. The fraction of sp³-hybridized carbons (Fsp3) is 0.667. The average molecular weight is 253 g/mol. The summed E-state index contributed by atoms with van der Waals surface area (Å²) >= 11 is 0. The molecule has 0 aliphatic carbocycles. The molecule has 0 radical (unpaired) electrons. The van der Waals surface area contributed by atoms with Crippen molar-refractivity contribution in [2.75, 3.05) is 24.0 Å². The van der Waals surface area contributed by atoms with E-state index in [2.05, 4.69) is 15.4 Å². The second-order valence-corrected chi connectivity index (χ2v) is 4.82. The van der Waals surface area contributed by atoms with Gasteiger partial charge in [-0.15, -0.1) is 0 Å². The highest BCUT2D eigenvalue weighted by Crippen LogP contribution is 2.25. The molecule has 18 heavy (non-hydrogen) atoms. The highest BCUT2D eigenvalue weighted by atomic mass is 16.3. The molecule has 6 heteroatoms. The Hall–Kier alpha value is -1.40. The summed E-state index contributed by atoms with van der Waals surface area (Å²) in [7, 11) is 1.90. The molecule has 102 valence electrons. The number of nitrogens with one attached hydrogen (secondary N) is 1. The molecule has 1 heterocycles. The van der Waals surface area contributed by atoms with Gasteiger partial charge in [-0.1, -0.05) is 13.8 Å². The van der Waals surface area contributed by atoms with Crippen molar-refractivity contribution < 1.29 is 5.11 Å². The predicted molar refractivity (Wildman–Crippen MR) is 73.6 cm³/mol. The molecule has 0 aromatic carbocycles. The van der Waals surface area contributed by atoms with Crippen molar-refractivity contribution in [3.63, 3.8) is 0 Å². The lowest BCUT2D eigenvalue weighted by atomic mass is 10.2. The van der Waals surface area contributed by atoms with Gasteiger partial charge in [-0.3, -0.25) is 0 Å². The normalized spacial score (nSPS) is 12.7. The Balaban J connectivity index is 3.28. The summed E-state index contributed by atoms with van der Waals surface area (Å²) in [4.78, 5) is 10.9. The van der Waals surface area contributed by atoms with Crippen LogP contribution in [0.4, 0.5) is 11.6 Å². The van der Waals surface area contributed by atoms with E-state index in [1.54, 1.807) is 0 Å². The Kier molecular flexibility index (Phi) is 4.86. The summed E-state index contributed by atoms with van der Waals surface area (Å²) in [6, 6.07) is -0.00997. The van der Waals surface area contributed by atoms with Crippen LogP contribution in [0.1, 0.15) is 38.1 Å². The van der Waals surface area contributed by atoms with Gasteiger partial charge in [0.2, 0.25) is 0 Å². The van der Waals surface area contributed by atoms with Crippen molar-refractivity contribution in [2.24, 2.45) is 5.84 Å². The quantitative estimate of drug-likeness (QED) is 0.536. The molecule has 0 fully saturated rings. The van der Waals surface area contributed by atoms with Gasteiger partial charge in [0.15, 0.2) is 0 Å². The first kappa shape index (κ1) is 14.7. The zero-order chi connectivity index (χ0) is 13.9. The SMILES string of the molecule is Cc1c(NN)nc(C(C)C)nc1N(C)C(C)CO. The molecule has 1 unspecified atom stereocenters. The van der Waals surface area contributed by atoms with Crippen molar-refractivity contribution in [3.8, 4) is 0 Å². The van der Waals surface area contributed by atoms with Gasteiger partial charge in [-0.2, -0.15) is 0 Å². The van der Waals surface area contributed by atoms with Crippen LogP contribution in [0.3, 0.4) is 0 Å². The smallest absolute Gasteiger partial charge is 0.148 e. The molecule has 0 saturated heterocycles.